The summed E-state index contributed by atoms with van der Waals surface area (Å²) in [6.45, 7) is 0. The first kappa shape index (κ1) is 12.4. The maximum atomic E-state index is 11.7. The molecular formula is C18H22O2. The van der Waals surface area contributed by atoms with Crippen LogP contribution in [0, 0.1) is 5.92 Å². The first-order valence-electron chi connectivity index (χ1n) is 8.16. The van der Waals surface area contributed by atoms with E-state index in [-0.39, 0.29) is 0 Å². The average Bonchev–Trinajstić information content (AvgIpc) is 2.94. The molecule has 1 aromatic rings. The average molecular weight is 270 g/mol. The molecule has 2 atom stereocenters. The van der Waals surface area contributed by atoms with Gasteiger partial charge in [-0.15, -0.1) is 0 Å². The van der Waals surface area contributed by atoms with Crippen LogP contribution in [0.2, 0.25) is 0 Å². The Balaban J connectivity index is 1.92. The Morgan fingerprint density at radius 1 is 0.950 bits per heavy atom. The second kappa shape index (κ2) is 4.61. The van der Waals surface area contributed by atoms with Gasteiger partial charge in [0.05, 0.1) is 5.56 Å². The molecule has 2 heteroatoms. The van der Waals surface area contributed by atoms with Crippen LogP contribution < -0.4 is 0 Å². The maximum absolute atomic E-state index is 11.7. The minimum absolute atomic E-state index is 0.617. The minimum Gasteiger partial charge on any atom is -0.478 e. The third-order valence-corrected chi connectivity index (χ3v) is 5.86. The summed E-state index contributed by atoms with van der Waals surface area (Å²) in [5, 5.41) is 9.58. The molecule has 0 saturated heterocycles. The zero-order valence-electron chi connectivity index (χ0n) is 12.0. The quantitative estimate of drug-likeness (QED) is 0.834. The van der Waals surface area contributed by atoms with Gasteiger partial charge in [0.15, 0.2) is 0 Å². The summed E-state index contributed by atoms with van der Waals surface area (Å²) in [7, 11) is 0. The lowest BCUT2D eigenvalue weighted by Crippen LogP contribution is -2.22. The standard InChI is InChI=1S/C18H22O2/c19-18(20)17-10-16-12-7-3-4-11(12)8-9-15(16)13-5-1-2-6-14(13)17/h10-12H,1-9H2,(H,19,20)/t11-,12-/m0/s1. The van der Waals surface area contributed by atoms with Crippen molar-refractivity contribution in [3.05, 3.63) is 33.9 Å². The summed E-state index contributed by atoms with van der Waals surface area (Å²) < 4.78 is 0. The Morgan fingerprint density at radius 2 is 1.75 bits per heavy atom. The van der Waals surface area contributed by atoms with Crippen molar-refractivity contribution in [1.82, 2.24) is 0 Å². The summed E-state index contributed by atoms with van der Waals surface area (Å²) >= 11 is 0. The fraction of sp³-hybridized carbons (Fsp3) is 0.611. The van der Waals surface area contributed by atoms with Crippen LogP contribution in [0.15, 0.2) is 6.07 Å². The van der Waals surface area contributed by atoms with Gasteiger partial charge in [0, 0.05) is 0 Å². The smallest absolute Gasteiger partial charge is 0.335 e. The molecule has 20 heavy (non-hydrogen) atoms. The molecule has 2 nitrogen and oxygen atoms in total. The van der Waals surface area contributed by atoms with Gasteiger partial charge in [-0.05, 0) is 91.5 Å². The lowest BCUT2D eigenvalue weighted by atomic mass is 9.71. The summed E-state index contributed by atoms with van der Waals surface area (Å²) in [4.78, 5) is 11.7. The summed E-state index contributed by atoms with van der Waals surface area (Å²) in [6.07, 6.45) is 10.9. The zero-order valence-corrected chi connectivity index (χ0v) is 12.0. The zero-order chi connectivity index (χ0) is 13.7. The largest absolute Gasteiger partial charge is 0.478 e. The number of fused-ring (bicyclic) bond motifs is 5. The van der Waals surface area contributed by atoms with E-state index in [0.717, 1.165) is 25.2 Å². The number of hydrogen-bond acceptors (Lipinski definition) is 1. The van der Waals surface area contributed by atoms with Crippen LogP contribution in [0.25, 0.3) is 0 Å². The number of benzene rings is 1. The van der Waals surface area contributed by atoms with Crippen LogP contribution in [-0.2, 0) is 19.3 Å². The normalized spacial score (nSPS) is 27.6. The summed E-state index contributed by atoms with van der Waals surface area (Å²) in [6, 6.07) is 2.06. The number of carboxylic acids is 1. The van der Waals surface area contributed by atoms with Gasteiger partial charge < -0.3 is 5.11 Å². The first-order chi connectivity index (χ1) is 9.75. The maximum Gasteiger partial charge on any atom is 0.335 e. The molecule has 0 radical (unpaired) electrons. The Kier molecular flexibility index (Phi) is 2.87. The van der Waals surface area contributed by atoms with Crippen molar-refractivity contribution in [2.75, 3.05) is 0 Å². The molecule has 1 N–H and O–H groups in total. The molecule has 3 aliphatic carbocycles. The van der Waals surface area contributed by atoms with Gasteiger partial charge in [0.25, 0.3) is 0 Å². The van der Waals surface area contributed by atoms with Gasteiger partial charge in [-0.1, -0.05) is 6.42 Å². The van der Waals surface area contributed by atoms with Gasteiger partial charge in [-0.2, -0.15) is 0 Å². The highest BCUT2D eigenvalue weighted by molar-refractivity contribution is 5.90. The minimum atomic E-state index is -0.717. The molecule has 0 heterocycles. The van der Waals surface area contributed by atoms with E-state index in [9.17, 15) is 9.90 Å². The Bertz CT molecular complexity index is 573. The first-order valence-corrected chi connectivity index (χ1v) is 8.16. The highest BCUT2D eigenvalue weighted by Gasteiger charge is 2.36. The number of carboxylic acid groups (broad SMARTS) is 1. The third kappa shape index (κ3) is 1.73. The third-order valence-electron chi connectivity index (χ3n) is 5.86. The van der Waals surface area contributed by atoms with Crippen molar-refractivity contribution in [1.29, 1.82) is 0 Å². The molecule has 0 aromatic heterocycles. The second-order valence-corrected chi connectivity index (χ2v) is 6.80. The van der Waals surface area contributed by atoms with E-state index in [1.54, 1.807) is 5.56 Å². The number of rotatable bonds is 1. The highest BCUT2D eigenvalue weighted by atomic mass is 16.4. The molecular weight excluding hydrogens is 248 g/mol. The molecule has 4 rings (SSSR count). The molecule has 0 aliphatic heterocycles. The van der Waals surface area contributed by atoms with Gasteiger partial charge in [-0.3, -0.25) is 0 Å². The predicted molar refractivity (Wildman–Crippen MR) is 78.4 cm³/mol. The van der Waals surface area contributed by atoms with E-state index in [4.69, 9.17) is 0 Å². The van der Waals surface area contributed by atoms with Gasteiger partial charge in [0.2, 0.25) is 0 Å². The monoisotopic (exact) mass is 270 g/mol. The number of carbonyl (C=O) groups is 1. The van der Waals surface area contributed by atoms with E-state index in [1.807, 2.05) is 0 Å². The van der Waals surface area contributed by atoms with Crippen LogP contribution in [0.3, 0.4) is 0 Å². The van der Waals surface area contributed by atoms with Crippen LogP contribution in [0.4, 0.5) is 0 Å². The van der Waals surface area contributed by atoms with E-state index in [1.165, 1.54) is 55.2 Å². The Morgan fingerprint density at radius 3 is 2.55 bits per heavy atom. The molecule has 0 spiro atoms. The van der Waals surface area contributed by atoms with Gasteiger partial charge >= 0.3 is 5.97 Å². The topological polar surface area (TPSA) is 37.3 Å². The van der Waals surface area contributed by atoms with Crippen molar-refractivity contribution >= 4 is 5.97 Å². The van der Waals surface area contributed by atoms with Crippen molar-refractivity contribution in [3.8, 4) is 0 Å². The Labute approximate surface area is 120 Å². The number of hydrogen-bond donors (Lipinski definition) is 1. The highest BCUT2D eigenvalue weighted by Crippen LogP contribution is 2.49. The lowest BCUT2D eigenvalue weighted by Gasteiger charge is -2.33. The molecule has 1 aromatic carbocycles. The van der Waals surface area contributed by atoms with Crippen molar-refractivity contribution in [2.45, 2.75) is 63.7 Å². The van der Waals surface area contributed by atoms with Gasteiger partial charge in [-0.25, -0.2) is 4.79 Å². The van der Waals surface area contributed by atoms with Crippen molar-refractivity contribution in [3.63, 3.8) is 0 Å². The van der Waals surface area contributed by atoms with E-state index < -0.39 is 5.97 Å². The summed E-state index contributed by atoms with van der Waals surface area (Å²) in [5.74, 6) is 0.765. The van der Waals surface area contributed by atoms with Crippen LogP contribution in [-0.4, -0.2) is 11.1 Å². The van der Waals surface area contributed by atoms with Crippen LogP contribution in [0.1, 0.15) is 77.1 Å². The van der Waals surface area contributed by atoms with Crippen molar-refractivity contribution in [2.24, 2.45) is 5.92 Å². The summed E-state index contributed by atoms with van der Waals surface area (Å²) in [5.41, 5.74) is 6.17. The molecule has 3 aliphatic rings. The number of aromatic carboxylic acids is 1. The molecule has 0 unspecified atom stereocenters. The molecule has 0 bridgehead atoms. The molecule has 0 amide bonds. The Hall–Kier alpha value is -1.31. The molecule has 1 fully saturated rings. The predicted octanol–water partition coefficient (Wildman–Crippen LogP) is 4.09. The molecule has 1 saturated carbocycles. The van der Waals surface area contributed by atoms with Crippen LogP contribution >= 0.6 is 0 Å². The SMILES string of the molecule is O=C(O)c1cc2c(c3c1CCCC3)CC[C@@H]1CCC[C@H]21. The van der Waals surface area contributed by atoms with Crippen molar-refractivity contribution < 1.29 is 9.90 Å². The lowest BCUT2D eigenvalue weighted by molar-refractivity contribution is 0.0695. The van der Waals surface area contributed by atoms with E-state index >= 15 is 0 Å². The van der Waals surface area contributed by atoms with Gasteiger partial charge in [0.1, 0.15) is 0 Å². The van der Waals surface area contributed by atoms with E-state index in [2.05, 4.69) is 6.07 Å². The van der Waals surface area contributed by atoms with E-state index in [0.29, 0.717) is 11.5 Å². The molecule has 106 valence electrons. The second-order valence-electron chi connectivity index (χ2n) is 6.80. The fourth-order valence-corrected chi connectivity index (χ4v) is 4.98. The van der Waals surface area contributed by atoms with Crippen LogP contribution in [0.5, 0.6) is 0 Å². The fourth-order valence-electron chi connectivity index (χ4n) is 4.98.